The average molecular weight is 317 g/mol. The van der Waals surface area contributed by atoms with E-state index in [1.54, 1.807) is 7.11 Å². The molecule has 0 atom stereocenters. The summed E-state index contributed by atoms with van der Waals surface area (Å²) in [6, 6.07) is 8.32. The number of piperazine rings is 1. The lowest BCUT2D eigenvalue weighted by Crippen LogP contribution is -2.46. The molecule has 5 heteroatoms. The molecular formula is C18H27N3O2. The van der Waals surface area contributed by atoms with Crippen LogP contribution in [-0.4, -0.2) is 56.2 Å². The number of rotatable bonds is 8. The molecule has 0 amide bonds. The molecule has 0 bridgehead atoms. The van der Waals surface area contributed by atoms with Gasteiger partial charge in [0.15, 0.2) is 11.5 Å². The van der Waals surface area contributed by atoms with Crippen molar-refractivity contribution in [1.82, 2.24) is 9.80 Å². The molecule has 0 saturated carbocycles. The lowest BCUT2D eigenvalue weighted by Gasteiger charge is -2.34. The van der Waals surface area contributed by atoms with Crippen molar-refractivity contribution in [2.45, 2.75) is 26.3 Å². The number of benzene rings is 1. The Labute approximate surface area is 139 Å². The zero-order chi connectivity index (χ0) is 16.5. The summed E-state index contributed by atoms with van der Waals surface area (Å²) in [5.74, 6) is 1.69. The van der Waals surface area contributed by atoms with E-state index in [4.69, 9.17) is 14.7 Å². The molecular weight excluding hydrogens is 290 g/mol. The van der Waals surface area contributed by atoms with Crippen LogP contribution in [0.2, 0.25) is 0 Å². The van der Waals surface area contributed by atoms with Crippen LogP contribution >= 0.6 is 0 Å². The highest BCUT2D eigenvalue weighted by molar-refractivity contribution is 5.46. The smallest absolute Gasteiger partial charge is 0.165 e. The van der Waals surface area contributed by atoms with Crippen LogP contribution in [0.1, 0.15) is 25.3 Å². The second-order valence-electron chi connectivity index (χ2n) is 5.82. The van der Waals surface area contributed by atoms with Crippen LogP contribution in [0.5, 0.6) is 11.5 Å². The van der Waals surface area contributed by atoms with Gasteiger partial charge in [-0.05, 0) is 12.5 Å². The molecule has 1 aliphatic rings. The maximum atomic E-state index is 8.68. The lowest BCUT2D eigenvalue weighted by atomic mass is 10.1. The highest BCUT2D eigenvalue weighted by Crippen LogP contribution is 2.32. The summed E-state index contributed by atoms with van der Waals surface area (Å²) in [6.07, 6.45) is 1.60. The number of nitrogens with zero attached hydrogens (tertiary/aromatic N) is 3. The predicted octanol–water partition coefficient (Wildman–Crippen LogP) is 2.52. The first-order valence-electron chi connectivity index (χ1n) is 8.38. The van der Waals surface area contributed by atoms with Crippen molar-refractivity contribution in [1.29, 1.82) is 5.26 Å². The standard InChI is InChI=1S/C18H27N3O2/c1-3-14-23-18-16(6-4-7-17(18)22-2)15-21-12-10-20(11-13-21)9-5-8-19/h4,6-7H,3,5,9-15H2,1-2H3. The number of nitriles is 1. The summed E-state index contributed by atoms with van der Waals surface area (Å²) in [5, 5.41) is 8.68. The van der Waals surface area contributed by atoms with Crippen LogP contribution in [-0.2, 0) is 6.54 Å². The SMILES string of the molecule is CCCOc1c(CN2CCN(CCC#N)CC2)cccc1OC. The van der Waals surface area contributed by atoms with E-state index in [1.165, 1.54) is 5.56 Å². The van der Waals surface area contributed by atoms with Gasteiger partial charge in [0, 0.05) is 51.3 Å². The van der Waals surface area contributed by atoms with Gasteiger partial charge >= 0.3 is 0 Å². The zero-order valence-corrected chi connectivity index (χ0v) is 14.3. The molecule has 2 rings (SSSR count). The van der Waals surface area contributed by atoms with Crippen molar-refractivity contribution in [3.63, 3.8) is 0 Å². The van der Waals surface area contributed by atoms with Crippen molar-refractivity contribution in [2.24, 2.45) is 0 Å². The molecule has 5 nitrogen and oxygen atoms in total. The van der Waals surface area contributed by atoms with Crippen molar-refractivity contribution < 1.29 is 9.47 Å². The van der Waals surface area contributed by atoms with E-state index in [-0.39, 0.29) is 0 Å². The molecule has 1 heterocycles. The maximum Gasteiger partial charge on any atom is 0.165 e. The summed E-state index contributed by atoms with van der Waals surface area (Å²) in [5.41, 5.74) is 1.18. The monoisotopic (exact) mass is 317 g/mol. The van der Waals surface area contributed by atoms with Gasteiger partial charge in [-0.1, -0.05) is 19.1 Å². The summed E-state index contributed by atoms with van der Waals surface area (Å²) in [4.78, 5) is 4.80. The van der Waals surface area contributed by atoms with Crippen molar-refractivity contribution in [2.75, 3.05) is 46.4 Å². The molecule has 126 valence electrons. The van der Waals surface area contributed by atoms with E-state index in [9.17, 15) is 0 Å². The molecule has 1 aromatic carbocycles. The fraction of sp³-hybridized carbons (Fsp3) is 0.611. The number of para-hydroxylation sites is 1. The Morgan fingerprint density at radius 1 is 1.17 bits per heavy atom. The summed E-state index contributed by atoms with van der Waals surface area (Å²) >= 11 is 0. The number of ether oxygens (including phenoxy) is 2. The zero-order valence-electron chi connectivity index (χ0n) is 14.3. The van der Waals surface area contributed by atoms with Gasteiger partial charge in [-0.15, -0.1) is 0 Å². The van der Waals surface area contributed by atoms with Crippen LogP contribution in [0, 0.1) is 11.3 Å². The largest absolute Gasteiger partial charge is 0.493 e. The van der Waals surface area contributed by atoms with Gasteiger partial charge in [0.25, 0.3) is 0 Å². The van der Waals surface area contributed by atoms with Crippen LogP contribution in [0.25, 0.3) is 0 Å². The van der Waals surface area contributed by atoms with E-state index >= 15 is 0 Å². The van der Waals surface area contributed by atoms with Gasteiger partial charge in [0.2, 0.25) is 0 Å². The normalized spacial score (nSPS) is 16.0. The van der Waals surface area contributed by atoms with Gasteiger partial charge in [0.1, 0.15) is 0 Å². The fourth-order valence-corrected chi connectivity index (χ4v) is 2.83. The van der Waals surface area contributed by atoms with Gasteiger partial charge in [-0.25, -0.2) is 0 Å². The second-order valence-corrected chi connectivity index (χ2v) is 5.82. The third-order valence-electron chi connectivity index (χ3n) is 4.13. The molecule has 0 radical (unpaired) electrons. The molecule has 0 spiro atoms. The van der Waals surface area contributed by atoms with E-state index in [1.807, 2.05) is 12.1 Å². The molecule has 0 aromatic heterocycles. The molecule has 0 unspecified atom stereocenters. The topological polar surface area (TPSA) is 48.7 Å². The fourth-order valence-electron chi connectivity index (χ4n) is 2.83. The first-order valence-corrected chi connectivity index (χ1v) is 8.38. The van der Waals surface area contributed by atoms with Gasteiger partial charge < -0.3 is 9.47 Å². The summed E-state index contributed by atoms with van der Waals surface area (Å²) < 4.78 is 11.4. The van der Waals surface area contributed by atoms with Gasteiger partial charge in [-0.2, -0.15) is 5.26 Å². The van der Waals surface area contributed by atoms with Crippen LogP contribution < -0.4 is 9.47 Å². The number of hydrogen-bond donors (Lipinski definition) is 0. The van der Waals surface area contributed by atoms with Gasteiger partial charge in [-0.3, -0.25) is 9.80 Å². The highest BCUT2D eigenvalue weighted by Gasteiger charge is 2.19. The molecule has 1 aromatic rings. The first kappa shape index (κ1) is 17.6. The highest BCUT2D eigenvalue weighted by atomic mass is 16.5. The Hall–Kier alpha value is -1.77. The molecule has 23 heavy (non-hydrogen) atoms. The molecule has 1 saturated heterocycles. The minimum absolute atomic E-state index is 0.616. The Bertz CT molecular complexity index is 519. The molecule has 0 aliphatic carbocycles. The Morgan fingerprint density at radius 2 is 1.91 bits per heavy atom. The van der Waals surface area contributed by atoms with Crippen LogP contribution in [0.15, 0.2) is 18.2 Å². The van der Waals surface area contributed by atoms with Crippen LogP contribution in [0.3, 0.4) is 0 Å². The minimum Gasteiger partial charge on any atom is -0.493 e. The number of methoxy groups -OCH3 is 1. The number of hydrogen-bond acceptors (Lipinski definition) is 5. The molecule has 0 N–H and O–H groups in total. The Morgan fingerprint density at radius 3 is 2.57 bits per heavy atom. The third-order valence-corrected chi connectivity index (χ3v) is 4.13. The second kappa shape index (κ2) is 9.39. The van der Waals surface area contributed by atoms with Crippen molar-refractivity contribution >= 4 is 0 Å². The molecule has 1 fully saturated rings. The quantitative estimate of drug-likeness (QED) is 0.737. The average Bonchev–Trinajstić information content (AvgIpc) is 2.59. The maximum absolute atomic E-state index is 8.68. The first-order chi connectivity index (χ1) is 11.3. The van der Waals surface area contributed by atoms with E-state index < -0.39 is 0 Å². The van der Waals surface area contributed by atoms with Crippen molar-refractivity contribution in [3.05, 3.63) is 23.8 Å². The lowest BCUT2D eigenvalue weighted by molar-refractivity contribution is 0.127. The van der Waals surface area contributed by atoms with Crippen molar-refractivity contribution in [3.8, 4) is 17.6 Å². The Kier molecular flexibility index (Phi) is 7.18. The van der Waals surface area contributed by atoms with E-state index in [2.05, 4.69) is 28.9 Å². The Balaban J connectivity index is 1.96. The van der Waals surface area contributed by atoms with Gasteiger partial charge in [0.05, 0.1) is 19.8 Å². The predicted molar refractivity (Wildman–Crippen MR) is 90.7 cm³/mol. The third kappa shape index (κ3) is 5.12. The van der Waals surface area contributed by atoms with E-state index in [0.29, 0.717) is 13.0 Å². The summed E-state index contributed by atoms with van der Waals surface area (Å²) in [6.45, 7) is 8.67. The molecule has 1 aliphatic heterocycles. The van der Waals surface area contributed by atoms with Crippen LogP contribution in [0.4, 0.5) is 0 Å². The summed E-state index contributed by atoms with van der Waals surface area (Å²) in [7, 11) is 1.69. The van der Waals surface area contributed by atoms with E-state index in [0.717, 1.165) is 57.2 Å². The minimum atomic E-state index is 0.616.